The number of nitrogens with zero attached hydrogens (tertiary/aromatic N) is 4. The van der Waals surface area contributed by atoms with Crippen LogP contribution in [-0.2, 0) is 24.1 Å². The molecule has 0 aliphatic heterocycles. The highest BCUT2D eigenvalue weighted by Crippen LogP contribution is 2.39. The molecule has 31 heavy (non-hydrogen) atoms. The summed E-state index contributed by atoms with van der Waals surface area (Å²) in [5, 5.41) is 13.9. The van der Waals surface area contributed by atoms with Gasteiger partial charge in [0.1, 0.15) is 10.7 Å². The third-order valence-corrected chi connectivity index (χ3v) is 7.98. The van der Waals surface area contributed by atoms with E-state index in [1.807, 2.05) is 42.5 Å². The van der Waals surface area contributed by atoms with E-state index >= 15 is 0 Å². The Kier molecular flexibility index (Phi) is 5.44. The summed E-state index contributed by atoms with van der Waals surface area (Å²) in [6, 6.07) is 7.79. The van der Waals surface area contributed by atoms with Crippen molar-refractivity contribution in [3.05, 3.63) is 46.1 Å². The molecule has 0 fully saturated rings. The maximum absolute atomic E-state index is 12.5. The lowest BCUT2D eigenvalue weighted by Crippen LogP contribution is -2.15. The Balaban J connectivity index is 1.46. The zero-order chi connectivity index (χ0) is 21.5. The smallest absolute Gasteiger partial charge is 0.234 e. The molecule has 3 aromatic heterocycles. The lowest BCUT2D eigenvalue weighted by molar-refractivity contribution is -0.113. The number of anilines is 1. The van der Waals surface area contributed by atoms with Gasteiger partial charge in [-0.3, -0.25) is 9.20 Å². The number of fused-ring (bicyclic) bond motifs is 5. The first-order valence-electron chi connectivity index (χ1n) is 10.7. The van der Waals surface area contributed by atoms with Gasteiger partial charge in [0.05, 0.1) is 11.1 Å². The first kappa shape index (κ1) is 20.5. The molecule has 0 unspecified atom stereocenters. The fourth-order valence-corrected chi connectivity index (χ4v) is 6.39. The molecule has 0 bridgehead atoms. The SMILES string of the molecule is CCc1nc2sc3c(c2c2nnc(SCC(=O)Nc4ccccc4C)n12)CC[C@H](C)C3. The van der Waals surface area contributed by atoms with Crippen LogP contribution in [0.15, 0.2) is 29.4 Å². The van der Waals surface area contributed by atoms with Crippen LogP contribution < -0.4 is 5.32 Å². The summed E-state index contributed by atoms with van der Waals surface area (Å²) < 4.78 is 2.05. The van der Waals surface area contributed by atoms with E-state index in [1.54, 1.807) is 0 Å². The number of aromatic nitrogens is 4. The summed E-state index contributed by atoms with van der Waals surface area (Å²) in [5.41, 5.74) is 4.18. The summed E-state index contributed by atoms with van der Waals surface area (Å²) in [6.07, 6.45) is 4.19. The lowest BCUT2D eigenvalue weighted by atomic mass is 9.89. The second kappa shape index (κ2) is 8.24. The van der Waals surface area contributed by atoms with Crippen molar-refractivity contribution in [3.63, 3.8) is 0 Å². The highest BCUT2D eigenvalue weighted by atomic mass is 32.2. The highest BCUT2D eigenvalue weighted by molar-refractivity contribution is 7.99. The third kappa shape index (κ3) is 3.72. The number of benzene rings is 1. The summed E-state index contributed by atoms with van der Waals surface area (Å²) in [7, 11) is 0. The average Bonchev–Trinajstić information content (AvgIpc) is 3.33. The number of rotatable bonds is 5. The van der Waals surface area contributed by atoms with Gasteiger partial charge < -0.3 is 5.32 Å². The molecule has 1 N–H and O–H groups in total. The van der Waals surface area contributed by atoms with E-state index < -0.39 is 0 Å². The van der Waals surface area contributed by atoms with Crippen LogP contribution in [0.2, 0.25) is 0 Å². The molecule has 1 amide bonds. The van der Waals surface area contributed by atoms with Crippen LogP contribution in [0.1, 0.15) is 42.1 Å². The summed E-state index contributed by atoms with van der Waals surface area (Å²) in [6.45, 7) is 6.41. The molecule has 0 radical (unpaired) electrons. The molecule has 1 aliphatic carbocycles. The van der Waals surface area contributed by atoms with Crippen molar-refractivity contribution in [1.29, 1.82) is 0 Å². The molecule has 6 nitrogen and oxygen atoms in total. The Morgan fingerprint density at radius 2 is 2.16 bits per heavy atom. The van der Waals surface area contributed by atoms with Crippen LogP contribution in [0.4, 0.5) is 5.69 Å². The topological polar surface area (TPSA) is 72.2 Å². The van der Waals surface area contributed by atoms with Gasteiger partial charge in [-0.1, -0.05) is 43.8 Å². The zero-order valence-electron chi connectivity index (χ0n) is 17.9. The van der Waals surface area contributed by atoms with E-state index in [0.717, 1.165) is 63.3 Å². The van der Waals surface area contributed by atoms with Crippen LogP contribution in [0.5, 0.6) is 0 Å². The van der Waals surface area contributed by atoms with Crippen LogP contribution in [-0.4, -0.2) is 31.2 Å². The molecule has 0 saturated heterocycles. The fourth-order valence-electron chi connectivity index (χ4n) is 4.24. The largest absolute Gasteiger partial charge is 0.325 e. The molecule has 1 aromatic carbocycles. The molecule has 1 atom stereocenters. The van der Waals surface area contributed by atoms with Gasteiger partial charge in [-0.2, -0.15) is 0 Å². The second-order valence-corrected chi connectivity index (χ2v) is 10.2. The maximum atomic E-state index is 12.5. The first-order valence-corrected chi connectivity index (χ1v) is 12.5. The fraction of sp³-hybridized carbons (Fsp3) is 0.391. The summed E-state index contributed by atoms with van der Waals surface area (Å²) in [5.74, 6) is 1.89. The number of para-hydroxylation sites is 1. The number of nitrogens with one attached hydrogen (secondary N) is 1. The Morgan fingerprint density at radius 1 is 1.32 bits per heavy atom. The Bertz CT molecular complexity index is 1290. The molecule has 1 aliphatic rings. The number of hydrogen-bond acceptors (Lipinski definition) is 6. The van der Waals surface area contributed by atoms with Crippen molar-refractivity contribution >= 4 is 50.6 Å². The molecule has 0 saturated carbocycles. The third-order valence-electron chi connectivity index (χ3n) is 5.91. The van der Waals surface area contributed by atoms with E-state index in [4.69, 9.17) is 4.98 Å². The minimum atomic E-state index is -0.0509. The molecule has 8 heteroatoms. The van der Waals surface area contributed by atoms with Gasteiger partial charge in [0, 0.05) is 17.0 Å². The van der Waals surface area contributed by atoms with Crippen LogP contribution in [0.25, 0.3) is 15.9 Å². The molecule has 3 heterocycles. The number of carbonyl (C=O) groups excluding carboxylic acids is 1. The van der Waals surface area contributed by atoms with Crippen molar-refractivity contribution in [2.45, 2.75) is 51.6 Å². The number of hydrogen-bond donors (Lipinski definition) is 1. The molecule has 0 spiro atoms. The van der Waals surface area contributed by atoms with E-state index in [2.05, 4.69) is 33.8 Å². The minimum absolute atomic E-state index is 0.0509. The van der Waals surface area contributed by atoms with Crippen LogP contribution in [0, 0.1) is 12.8 Å². The molecule has 4 aromatic rings. The van der Waals surface area contributed by atoms with Crippen molar-refractivity contribution in [3.8, 4) is 0 Å². The minimum Gasteiger partial charge on any atom is -0.325 e. The summed E-state index contributed by atoms with van der Waals surface area (Å²) >= 11 is 3.22. The first-order chi connectivity index (χ1) is 15.0. The van der Waals surface area contributed by atoms with Gasteiger partial charge >= 0.3 is 0 Å². The Hall–Kier alpha value is -2.45. The quantitative estimate of drug-likeness (QED) is 0.429. The molecule has 160 valence electrons. The predicted octanol–water partition coefficient (Wildman–Crippen LogP) is 5.07. The number of thioether (sulfide) groups is 1. The van der Waals surface area contributed by atoms with Gasteiger partial charge in [-0.05, 0) is 49.3 Å². The second-order valence-electron chi connectivity index (χ2n) is 8.21. The number of thiophene rings is 1. The van der Waals surface area contributed by atoms with Crippen LogP contribution in [0.3, 0.4) is 0 Å². The van der Waals surface area contributed by atoms with Gasteiger partial charge in [0.15, 0.2) is 10.8 Å². The van der Waals surface area contributed by atoms with Gasteiger partial charge in [0.25, 0.3) is 0 Å². The van der Waals surface area contributed by atoms with E-state index in [9.17, 15) is 4.79 Å². The van der Waals surface area contributed by atoms with E-state index in [-0.39, 0.29) is 11.7 Å². The van der Waals surface area contributed by atoms with E-state index in [0.29, 0.717) is 0 Å². The normalized spacial score (nSPS) is 16.0. The Morgan fingerprint density at radius 3 is 2.97 bits per heavy atom. The molecular formula is C23H25N5OS2. The Labute approximate surface area is 189 Å². The standard InChI is InChI=1S/C23H25N5OS2/c1-4-18-25-22-20(15-10-9-13(2)11-17(15)31-22)21-26-27-23(28(18)21)30-12-19(29)24-16-8-6-5-7-14(16)3/h5-8,13H,4,9-12H2,1-3H3,(H,24,29)/t13-/m0/s1. The monoisotopic (exact) mass is 451 g/mol. The zero-order valence-corrected chi connectivity index (χ0v) is 19.6. The van der Waals surface area contributed by atoms with Crippen molar-refractivity contribution in [2.24, 2.45) is 5.92 Å². The lowest BCUT2D eigenvalue weighted by Gasteiger charge is -2.17. The maximum Gasteiger partial charge on any atom is 0.234 e. The van der Waals surface area contributed by atoms with Crippen molar-refractivity contribution < 1.29 is 4.79 Å². The van der Waals surface area contributed by atoms with Gasteiger partial charge in [-0.15, -0.1) is 21.5 Å². The molecular weight excluding hydrogens is 426 g/mol. The van der Waals surface area contributed by atoms with E-state index in [1.165, 1.54) is 28.6 Å². The number of aryl methyl sites for hydroxylation is 3. The molecule has 5 rings (SSSR count). The number of amides is 1. The van der Waals surface area contributed by atoms with Crippen LogP contribution >= 0.6 is 23.1 Å². The average molecular weight is 452 g/mol. The highest BCUT2D eigenvalue weighted by Gasteiger charge is 2.25. The van der Waals surface area contributed by atoms with Crippen molar-refractivity contribution in [1.82, 2.24) is 19.6 Å². The van der Waals surface area contributed by atoms with Gasteiger partial charge in [0.2, 0.25) is 5.91 Å². The van der Waals surface area contributed by atoms with Gasteiger partial charge in [-0.25, -0.2) is 4.98 Å². The summed E-state index contributed by atoms with van der Waals surface area (Å²) in [4.78, 5) is 20.0. The number of carbonyl (C=O) groups is 1. The predicted molar refractivity (Wildman–Crippen MR) is 127 cm³/mol. The van der Waals surface area contributed by atoms with Crippen molar-refractivity contribution in [2.75, 3.05) is 11.1 Å².